The monoisotopic (exact) mass is 394 g/mol. The van der Waals surface area contributed by atoms with Gasteiger partial charge in [-0.05, 0) is 17.7 Å². The summed E-state index contributed by atoms with van der Waals surface area (Å²) in [5.74, 6) is -0.565. The van der Waals surface area contributed by atoms with Gasteiger partial charge in [-0.25, -0.2) is 13.8 Å². The van der Waals surface area contributed by atoms with Gasteiger partial charge in [-0.15, -0.1) is 0 Å². The molecule has 28 heavy (non-hydrogen) atoms. The van der Waals surface area contributed by atoms with Gasteiger partial charge in [0.25, 0.3) is 5.91 Å². The smallest absolute Gasteiger partial charge is 0.252 e. The van der Waals surface area contributed by atoms with Crippen LogP contribution in [-0.2, 0) is 4.79 Å². The second-order valence-electron chi connectivity index (χ2n) is 7.77. The van der Waals surface area contributed by atoms with Crippen molar-refractivity contribution in [2.75, 3.05) is 59.6 Å². The minimum Gasteiger partial charge on any atom is -0.396 e. The average molecular weight is 394 g/mol. The zero-order valence-corrected chi connectivity index (χ0v) is 16.2. The van der Waals surface area contributed by atoms with E-state index in [-0.39, 0.29) is 23.8 Å². The van der Waals surface area contributed by atoms with Crippen LogP contribution in [0.4, 0.5) is 8.78 Å². The number of hydrazine groups is 1. The van der Waals surface area contributed by atoms with Crippen molar-refractivity contribution in [3.05, 3.63) is 48.0 Å². The van der Waals surface area contributed by atoms with Gasteiger partial charge in [-0.2, -0.15) is 0 Å². The highest BCUT2D eigenvalue weighted by molar-refractivity contribution is 5.94. The highest BCUT2D eigenvalue weighted by atomic mass is 19.1. The molecule has 0 aromatic heterocycles. The third-order valence-corrected chi connectivity index (χ3v) is 5.89. The first kappa shape index (κ1) is 20.7. The lowest BCUT2D eigenvalue weighted by Crippen LogP contribution is -2.58. The number of rotatable bonds is 7. The summed E-state index contributed by atoms with van der Waals surface area (Å²) >= 11 is 0. The number of likely N-dealkylation sites (tertiary alicyclic amines) is 1. The van der Waals surface area contributed by atoms with Crippen molar-refractivity contribution in [1.29, 1.82) is 0 Å². The molecule has 3 aliphatic rings. The van der Waals surface area contributed by atoms with E-state index in [2.05, 4.69) is 11.9 Å². The Labute approximate surface area is 164 Å². The van der Waals surface area contributed by atoms with Crippen LogP contribution in [0.15, 0.2) is 48.0 Å². The molecule has 2 N–H and O–H groups in total. The summed E-state index contributed by atoms with van der Waals surface area (Å²) in [6, 6.07) is 0. The number of carbonyl (C=O) groups excluding carboxylic acids is 1. The van der Waals surface area contributed by atoms with Crippen LogP contribution in [0.3, 0.4) is 0 Å². The molecule has 0 radical (unpaired) electrons. The van der Waals surface area contributed by atoms with E-state index < -0.39 is 12.5 Å². The summed E-state index contributed by atoms with van der Waals surface area (Å²) in [5, 5.41) is 16.6. The molecule has 0 bridgehead atoms. The molecule has 2 saturated heterocycles. The fourth-order valence-corrected chi connectivity index (χ4v) is 4.10. The largest absolute Gasteiger partial charge is 0.396 e. The fraction of sp³-hybridized carbons (Fsp3) is 0.550. The number of halogens is 2. The Balaban J connectivity index is 1.68. The van der Waals surface area contributed by atoms with Crippen molar-refractivity contribution < 1.29 is 18.7 Å². The molecule has 2 fully saturated rings. The molecule has 6 nitrogen and oxygen atoms in total. The third-order valence-electron chi connectivity index (χ3n) is 5.89. The van der Waals surface area contributed by atoms with Gasteiger partial charge in [-0.3, -0.25) is 4.79 Å². The molecule has 3 aliphatic heterocycles. The van der Waals surface area contributed by atoms with E-state index in [1.807, 2.05) is 22.0 Å². The molecule has 1 atom stereocenters. The van der Waals surface area contributed by atoms with Crippen molar-refractivity contribution in [1.82, 2.24) is 20.2 Å². The van der Waals surface area contributed by atoms with Crippen LogP contribution in [0, 0.1) is 11.3 Å². The number of aliphatic hydroxyl groups is 1. The number of hydrogen-bond donors (Lipinski definition) is 2. The summed E-state index contributed by atoms with van der Waals surface area (Å²) in [6.45, 7) is 6.57. The average Bonchev–Trinajstić information content (AvgIpc) is 3.21. The number of likely N-dealkylation sites (N-methyl/N-ethyl adjacent to an activating group) is 1. The molecule has 0 aliphatic carbocycles. The highest BCUT2D eigenvalue weighted by Gasteiger charge is 2.51. The molecule has 0 saturated carbocycles. The number of allylic oxidation sites excluding steroid dienone is 3. The molecular formula is C20H28F2N4O2. The molecule has 1 spiro atoms. The van der Waals surface area contributed by atoms with E-state index in [0.717, 1.165) is 19.2 Å². The maximum Gasteiger partial charge on any atom is 0.252 e. The highest BCUT2D eigenvalue weighted by Crippen LogP contribution is 2.39. The Morgan fingerprint density at radius 1 is 1.50 bits per heavy atom. The van der Waals surface area contributed by atoms with Crippen LogP contribution < -0.4 is 5.32 Å². The molecule has 3 rings (SSSR count). The second-order valence-corrected chi connectivity index (χ2v) is 7.77. The summed E-state index contributed by atoms with van der Waals surface area (Å²) in [5.41, 5.74) is 1.24. The van der Waals surface area contributed by atoms with E-state index in [4.69, 9.17) is 0 Å². The van der Waals surface area contributed by atoms with Gasteiger partial charge in [0.2, 0.25) is 0 Å². The lowest BCUT2D eigenvalue weighted by atomic mass is 9.73. The summed E-state index contributed by atoms with van der Waals surface area (Å²) < 4.78 is 25.8. The Hall–Kier alpha value is -2.03. The number of nitrogens with one attached hydrogen (secondary N) is 1. The van der Waals surface area contributed by atoms with E-state index in [0.29, 0.717) is 37.3 Å². The minimum absolute atomic E-state index is 0.00576. The number of hydrogen-bond acceptors (Lipinski definition) is 5. The summed E-state index contributed by atoms with van der Waals surface area (Å²) in [7, 11) is 1.85. The standard InChI is InChI=1S/C20H28F2N4O2/c1-3-15(6-18(22)4-5-21)7-26-9-16(8-24(26)2)19(28)25-10-17(11-27)20(14-25)12-23-13-20/h3-4,6,9,17,23,27H,1,5,7-8,10-14H2,2H3/b15-6+,18-4+/t17-/m0/s1. The van der Waals surface area contributed by atoms with Gasteiger partial charge in [0.1, 0.15) is 12.5 Å². The van der Waals surface area contributed by atoms with Crippen molar-refractivity contribution in [3.8, 4) is 0 Å². The van der Waals surface area contributed by atoms with Gasteiger partial charge in [-0.1, -0.05) is 12.7 Å². The first-order valence-corrected chi connectivity index (χ1v) is 9.46. The molecule has 1 amide bonds. The number of amides is 1. The molecule has 3 heterocycles. The molecule has 0 unspecified atom stereocenters. The predicted molar refractivity (Wildman–Crippen MR) is 103 cm³/mol. The summed E-state index contributed by atoms with van der Waals surface area (Å²) in [4.78, 5) is 14.8. The quantitative estimate of drug-likeness (QED) is 0.631. The van der Waals surface area contributed by atoms with Crippen LogP contribution in [0.5, 0.6) is 0 Å². The molecule has 0 aromatic carbocycles. The van der Waals surface area contributed by atoms with Crippen molar-refractivity contribution >= 4 is 5.91 Å². The maximum absolute atomic E-state index is 13.6. The third kappa shape index (κ3) is 4.04. The Bertz CT molecular complexity index is 715. The van der Waals surface area contributed by atoms with Crippen LogP contribution in [0.25, 0.3) is 0 Å². The zero-order chi connectivity index (χ0) is 20.3. The molecule has 154 valence electrons. The first-order valence-electron chi connectivity index (χ1n) is 9.46. The molecule has 8 heteroatoms. The van der Waals surface area contributed by atoms with E-state index in [9.17, 15) is 18.7 Å². The van der Waals surface area contributed by atoms with Crippen molar-refractivity contribution in [2.45, 2.75) is 0 Å². The van der Waals surface area contributed by atoms with Gasteiger partial charge < -0.3 is 20.3 Å². The lowest BCUT2D eigenvalue weighted by Gasteiger charge is -2.42. The number of carbonyl (C=O) groups is 1. The predicted octanol–water partition coefficient (Wildman–Crippen LogP) is 1.01. The van der Waals surface area contributed by atoms with E-state index in [1.54, 1.807) is 6.20 Å². The number of nitrogens with zero attached hydrogens (tertiary/aromatic N) is 3. The Morgan fingerprint density at radius 2 is 2.25 bits per heavy atom. The lowest BCUT2D eigenvalue weighted by molar-refractivity contribution is -0.126. The molecule has 0 aromatic rings. The van der Waals surface area contributed by atoms with Crippen LogP contribution >= 0.6 is 0 Å². The first-order chi connectivity index (χ1) is 13.4. The Morgan fingerprint density at radius 3 is 2.79 bits per heavy atom. The van der Waals surface area contributed by atoms with Gasteiger partial charge in [0.05, 0.1) is 12.1 Å². The van der Waals surface area contributed by atoms with Gasteiger partial charge >= 0.3 is 0 Å². The van der Waals surface area contributed by atoms with Crippen molar-refractivity contribution in [2.24, 2.45) is 11.3 Å². The minimum atomic E-state index is -0.864. The van der Waals surface area contributed by atoms with Gasteiger partial charge in [0, 0.05) is 63.9 Å². The van der Waals surface area contributed by atoms with Crippen molar-refractivity contribution in [3.63, 3.8) is 0 Å². The Kier molecular flexibility index (Phi) is 6.32. The normalized spacial score (nSPS) is 25.3. The SMILES string of the molecule is C=C/C(=C\C(F)=C/CF)CN1C=C(C(=O)N2C[C@@H](CO)C3(CNC3)C2)CN1C. The second kappa shape index (κ2) is 8.55. The van der Waals surface area contributed by atoms with Crippen LogP contribution in [0.1, 0.15) is 0 Å². The van der Waals surface area contributed by atoms with Crippen LogP contribution in [-0.4, -0.2) is 85.5 Å². The molecular weight excluding hydrogens is 366 g/mol. The topological polar surface area (TPSA) is 59.1 Å². The maximum atomic E-state index is 13.6. The zero-order valence-electron chi connectivity index (χ0n) is 16.2. The summed E-state index contributed by atoms with van der Waals surface area (Å²) in [6.07, 6.45) is 5.40. The van der Waals surface area contributed by atoms with E-state index >= 15 is 0 Å². The van der Waals surface area contributed by atoms with Gasteiger partial charge in [0.15, 0.2) is 0 Å². The fourth-order valence-electron chi connectivity index (χ4n) is 4.10. The van der Waals surface area contributed by atoms with Crippen LogP contribution in [0.2, 0.25) is 0 Å². The number of aliphatic hydroxyl groups excluding tert-OH is 1. The van der Waals surface area contributed by atoms with E-state index in [1.165, 1.54) is 12.2 Å². The number of alkyl halides is 1.